The summed E-state index contributed by atoms with van der Waals surface area (Å²) in [5, 5.41) is 7.34. The van der Waals surface area contributed by atoms with Crippen LogP contribution in [0.3, 0.4) is 0 Å². The lowest BCUT2D eigenvalue weighted by Crippen LogP contribution is -2.13. The van der Waals surface area contributed by atoms with E-state index in [9.17, 15) is 9.59 Å². The zero-order valence-electron chi connectivity index (χ0n) is 11.6. The Kier molecular flexibility index (Phi) is 4.94. The first-order chi connectivity index (χ1) is 10.1. The van der Waals surface area contributed by atoms with Gasteiger partial charge in [-0.25, -0.2) is 4.98 Å². The van der Waals surface area contributed by atoms with Crippen LogP contribution in [0.25, 0.3) is 0 Å². The van der Waals surface area contributed by atoms with Gasteiger partial charge >= 0.3 is 5.97 Å². The van der Waals surface area contributed by atoms with Gasteiger partial charge in [0.2, 0.25) is 0 Å². The van der Waals surface area contributed by atoms with E-state index in [0.717, 1.165) is 0 Å². The van der Waals surface area contributed by atoms with Gasteiger partial charge in [-0.2, -0.15) is 5.10 Å². The average Bonchev–Trinajstić information content (AvgIpc) is 2.93. The predicted octanol–water partition coefficient (Wildman–Crippen LogP) is 1.43. The molecular weight excluding hydrogens is 292 g/mol. The second-order valence-electron chi connectivity index (χ2n) is 4.02. The van der Waals surface area contributed by atoms with E-state index in [1.54, 1.807) is 24.5 Å². The Labute approximate surface area is 125 Å². The van der Waals surface area contributed by atoms with Gasteiger partial charge in [0.1, 0.15) is 11.6 Å². The number of nitrogens with zero attached hydrogens (tertiary/aromatic N) is 3. The molecule has 2 aromatic rings. The number of anilines is 1. The first-order valence-electron chi connectivity index (χ1n) is 6.03. The molecule has 1 N–H and O–H groups in total. The van der Waals surface area contributed by atoms with Crippen molar-refractivity contribution in [2.24, 2.45) is 0 Å². The number of ether oxygens (including phenoxy) is 1. The number of amides is 1. The molecule has 0 saturated heterocycles. The van der Waals surface area contributed by atoms with Crippen molar-refractivity contribution in [2.75, 3.05) is 18.7 Å². The molecule has 0 atom stereocenters. The number of aromatic nitrogens is 3. The Balaban J connectivity index is 2.08. The highest BCUT2D eigenvalue weighted by Crippen LogP contribution is 2.18. The van der Waals surface area contributed by atoms with Crippen molar-refractivity contribution in [1.82, 2.24) is 14.8 Å². The molecule has 1 amide bonds. The largest absolute Gasteiger partial charge is 0.468 e. The van der Waals surface area contributed by atoms with E-state index in [0.29, 0.717) is 16.3 Å². The van der Waals surface area contributed by atoms with Gasteiger partial charge in [-0.3, -0.25) is 14.3 Å². The minimum absolute atomic E-state index is 0.00464. The Bertz CT molecular complexity index is 656. The third kappa shape index (κ3) is 3.82. The fraction of sp³-hybridized carbons (Fsp3) is 0.231. The van der Waals surface area contributed by atoms with Crippen LogP contribution in [0.5, 0.6) is 0 Å². The summed E-state index contributed by atoms with van der Waals surface area (Å²) in [6.45, 7) is -0.00464. The van der Waals surface area contributed by atoms with Gasteiger partial charge in [-0.15, -0.1) is 11.8 Å². The summed E-state index contributed by atoms with van der Waals surface area (Å²) in [5.74, 6) is -0.682. The average molecular weight is 306 g/mol. The van der Waals surface area contributed by atoms with Crippen molar-refractivity contribution in [3.8, 4) is 0 Å². The number of pyridine rings is 1. The van der Waals surface area contributed by atoms with E-state index in [1.807, 2.05) is 6.26 Å². The van der Waals surface area contributed by atoms with E-state index in [2.05, 4.69) is 20.1 Å². The van der Waals surface area contributed by atoms with E-state index >= 15 is 0 Å². The minimum Gasteiger partial charge on any atom is -0.468 e. The lowest BCUT2D eigenvalue weighted by atomic mass is 10.2. The van der Waals surface area contributed by atoms with Crippen molar-refractivity contribution >= 4 is 29.3 Å². The van der Waals surface area contributed by atoms with Crippen LogP contribution < -0.4 is 5.32 Å². The molecule has 0 aliphatic rings. The van der Waals surface area contributed by atoms with E-state index in [-0.39, 0.29) is 12.5 Å². The standard InChI is InChI=1S/C13H14N4O3S/c1-20-11(18)8-17-7-9(6-15-17)16-12(19)10-4-3-5-14-13(10)21-2/h3-7H,8H2,1-2H3,(H,16,19). The molecule has 2 heterocycles. The van der Waals surface area contributed by atoms with Gasteiger partial charge in [0.25, 0.3) is 5.91 Å². The van der Waals surface area contributed by atoms with Crippen LogP contribution in [-0.4, -0.2) is 40.0 Å². The lowest BCUT2D eigenvalue weighted by molar-refractivity contribution is -0.141. The molecule has 0 radical (unpaired) electrons. The molecule has 0 unspecified atom stereocenters. The number of nitrogens with one attached hydrogen (secondary N) is 1. The molecular formula is C13H14N4O3S. The van der Waals surface area contributed by atoms with Crippen molar-refractivity contribution in [1.29, 1.82) is 0 Å². The Morgan fingerprint density at radius 1 is 1.48 bits per heavy atom. The summed E-state index contributed by atoms with van der Waals surface area (Å²) >= 11 is 1.40. The molecule has 0 saturated carbocycles. The highest BCUT2D eigenvalue weighted by molar-refractivity contribution is 7.98. The summed E-state index contributed by atoms with van der Waals surface area (Å²) in [6.07, 6.45) is 6.52. The lowest BCUT2D eigenvalue weighted by Gasteiger charge is -2.05. The number of carbonyl (C=O) groups excluding carboxylic acids is 2. The molecule has 21 heavy (non-hydrogen) atoms. The maximum atomic E-state index is 12.2. The summed E-state index contributed by atoms with van der Waals surface area (Å²) in [7, 11) is 1.31. The van der Waals surface area contributed by atoms with Gasteiger partial charge in [0.15, 0.2) is 0 Å². The second kappa shape index (κ2) is 6.89. The molecule has 7 nitrogen and oxygen atoms in total. The molecule has 0 spiro atoms. The van der Waals surface area contributed by atoms with Crippen LogP contribution in [0.1, 0.15) is 10.4 Å². The second-order valence-corrected chi connectivity index (χ2v) is 4.81. The zero-order valence-corrected chi connectivity index (χ0v) is 12.4. The molecule has 0 aliphatic carbocycles. The van der Waals surface area contributed by atoms with Gasteiger partial charge in [-0.1, -0.05) is 0 Å². The minimum atomic E-state index is -0.409. The maximum Gasteiger partial charge on any atom is 0.327 e. The fourth-order valence-corrected chi connectivity index (χ4v) is 2.18. The van der Waals surface area contributed by atoms with Crippen LogP contribution in [0, 0.1) is 0 Å². The first kappa shape index (κ1) is 15.0. The quantitative estimate of drug-likeness (QED) is 0.664. The molecule has 2 aromatic heterocycles. The molecule has 0 bridgehead atoms. The Morgan fingerprint density at radius 3 is 3.00 bits per heavy atom. The van der Waals surface area contributed by atoms with Crippen LogP contribution in [-0.2, 0) is 16.1 Å². The van der Waals surface area contributed by atoms with Crippen LogP contribution in [0.2, 0.25) is 0 Å². The molecule has 0 aliphatic heterocycles. The third-order valence-electron chi connectivity index (χ3n) is 2.62. The number of carbonyl (C=O) groups is 2. The van der Waals surface area contributed by atoms with E-state index in [1.165, 1.54) is 29.8 Å². The van der Waals surface area contributed by atoms with Crippen LogP contribution in [0.4, 0.5) is 5.69 Å². The van der Waals surface area contributed by atoms with Gasteiger partial charge in [0.05, 0.1) is 24.6 Å². The zero-order chi connectivity index (χ0) is 15.2. The summed E-state index contributed by atoms with van der Waals surface area (Å²) in [5.41, 5.74) is 0.991. The van der Waals surface area contributed by atoms with E-state index < -0.39 is 5.97 Å². The number of methoxy groups -OCH3 is 1. The Hall–Kier alpha value is -2.35. The number of rotatable bonds is 5. The van der Waals surface area contributed by atoms with Gasteiger partial charge in [-0.05, 0) is 18.4 Å². The summed E-state index contributed by atoms with van der Waals surface area (Å²) in [6, 6.07) is 3.41. The summed E-state index contributed by atoms with van der Waals surface area (Å²) in [4.78, 5) is 27.5. The topological polar surface area (TPSA) is 86.1 Å². The Morgan fingerprint density at radius 2 is 2.29 bits per heavy atom. The third-order valence-corrected chi connectivity index (χ3v) is 3.33. The fourth-order valence-electron chi connectivity index (χ4n) is 1.64. The van der Waals surface area contributed by atoms with Crippen LogP contribution >= 0.6 is 11.8 Å². The molecule has 2 rings (SSSR count). The van der Waals surface area contributed by atoms with Crippen LogP contribution in [0.15, 0.2) is 35.7 Å². The van der Waals surface area contributed by atoms with Crippen molar-refractivity contribution in [3.05, 3.63) is 36.3 Å². The number of hydrogen-bond donors (Lipinski definition) is 1. The number of esters is 1. The number of thioether (sulfide) groups is 1. The first-order valence-corrected chi connectivity index (χ1v) is 7.26. The predicted molar refractivity (Wildman–Crippen MR) is 78.2 cm³/mol. The monoisotopic (exact) mass is 306 g/mol. The molecule has 0 aromatic carbocycles. The number of hydrogen-bond acceptors (Lipinski definition) is 6. The molecule has 8 heteroatoms. The smallest absolute Gasteiger partial charge is 0.327 e. The van der Waals surface area contributed by atoms with Gasteiger partial charge < -0.3 is 10.1 Å². The van der Waals surface area contributed by atoms with Crippen molar-refractivity contribution < 1.29 is 14.3 Å². The highest BCUT2D eigenvalue weighted by Gasteiger charge is 2.13. The highest BCUT2D eigenvalue weighted by atomic mass is 32.2. The van der Waals surface area contributed by atoms with Gasteiger partial charge in [0, 0.05) is 12.4 Å². The maximum absolute atomic E-state index is 12.2. The van der Waals surface area contributed by atoms with Crippen molar-refractivity contribution in [3.63, 3.8) is 0 Å². The molecule has 0 fully saturated rings. The van der Waals surface area contributed by atoms with E-state index in [4.69, 9.17) is 0 Å². The van der Waals surface area contributed by atoms with Crippen molar-refractivity contribution in [2.45, 2.75) is 11.6 Å². The molecule has 110 valence electrons. The SMILES string of the molecule is COC(=O)Cn1cc(NC(=O)c2cccnc2SC)cn1. The summed E-state index contributed by atoms with van der Waals surface area (Å²) < 4.78 is 5.94. The normalized spacial score (nSPS) is 10.2.